The summed E-state index contributed by atoms with van der Waals surface area (Å²) in [6, 6.07) is 1.81. The molecule has 0 bridgehead atoms. The van der Waals surface area contributed by atoms with Crippen LogP contribution in [-0.4, -0.2) is 35.6 Å². The van der Waals surface area contributed by atoms with Gasteiger partial charge in [0.15, 0.2) is 0 Å². The van der Waals surface area contributed by atoms with E-state index in [1.807, 2.05) is 0 Å². The zero-order valence-electron chi connectivity index (χ0n) is 25.7. The maximum absolute atomic E-state index is 5.56. The molecule has 3 nitrogen and oxygen atoms in total. The van der Waals surface area contributed by atoms with Crippen molar-refractivity contribution in [3.8, 4) is 0 Å². The predicted molar refractivity (Wildman–Crippen MR) is 159 cm³/mol. The van der Waals surface area contributed by atoms with Gasteiger partial charge in [0, 0.05) is 23.5 Å². The van der Waals surface area contributed by atoms with E-state index in [-0.39, 0.29) is 0 Å². The van der Waals surface area contributed by atoms with Crippen LogP contribution < -0.4 is 5.32 Å². The monoisotopic (exact) mass is 499 g/mol. The molecule has 1 saturated heterocycles. The Balaban J connectivity index is 1.78. The second-order valence-corrected chi connectivity index (χ2v) is 14.2. The van der Waals surface area contributed by atoms with Crippen molar-refractivity contribution in [1.29, 1.82) is 0 Å². The summed E-state index contributed by atoms with van der Waals surface area (Å²) in [6.07, 6.45) is 11.9. The van der Waals surface area contributed by atoms with E-state index in [4.69, 9.17) is 9.98 Å². The molecule has 6 atom stereocenters. The van der Waals surface area contributed by atoms with E-state index in [1.165, 1.54) is 69.2 Å². The lowest BCUT2D eigenvalue weighted by Crippen LogP contribution is -2.50. The summed E-state index contributed by atoms with van der Waals surface area (Å²) in [5.74, 6) is 5.79. The molecule has 0 radical (unpaired) electrons. The second-order valence-electron chi connectivity index (χ2n) is 14.2. The van der Waals surface area contributed by atoms with Gasteiger partial charge in [-0.3, -0.25) is 9.98 Å². The Bertz CT molecular complexity index is 641. The summed E-state index contributed by atoms with van der Waals surface area (Å²) in [5, 5.41) is 4.05. The molecule has 0 aromatic rings. The fourth-order valence-electron chi connectivity index (χ4n) is 8.04. The molecular weight excluding hydrogens is 438 g/mol. The lowest BCUT2D eigenvalue weighted by atomic mass is 9.68. The highest BCUT2D eigenvalue weighted by Crippen LogP contribution is 2.41. The van der Waals surface area contributed by atoms with Crippen LogP contribution in [0.2, 0.25) is 0 Å². The fraction of sp³-hybridized carbons (Fsp3) is 0.939. The van der Waals surface area contributed by atoms with Crippen molar-refractivity contribution in [3.05, 3.63) is 0 Å². The van der Waals surface area contributed by atoms with E-state index in [9.17, 15) is 0 Å². The number of hydrogen-bond donors (Lipinski definition) is 1. The van der Waals surface area contributed by atoms with Crippen LogP contribution >= 0.6 is 0 Å². The molecule has 0 spiro atoms. The van der Waals surface area contributed by atoms with Gasteiger partial charge in [0.05, 0.1) is 12.1 Å². The van der Waals surface area contributed by atoms with E-state index in [2.05, 4.69) is 74.6 Å². The molecule has 0 aromatic heterocycles. The van der Waals surface area contributed by atoms with E-state index >= 15 is 0 Å². The van der Waals surface area contributed by atoms with Crippen molar-refractivity contribution in [2.24, 2.45) is 57.3 Å². The SMILES string of the molecule is CC(=NC1C(C(C)C)CCCC1C(C)C)C1CCCC(C(C)=NC2C(C(C)C)CCCC2C(C)C)N1. The molecule has 2 saturated carbocycles. The van der Waals surface area contributed by atoms with Gasteiger partial charge in [-0.2, -0.15) is 0 Å². The van der Waals surface area contributed by atoms with E-state index < -0.39 is 0 Å². The van der Waals surface area contributed by atoms with Crippen molar-refractivity contribution in [2.45, 2.75) is 151 Å². The highest BCUT2D eigenvalue weighted by atomic mass is 15.0. The Labute approximate surface area is 225 Å². The molecule has 3 fully saturated rings. The Morgan fingerprint density at radius 2 is 0.778 bits per heavy atom. The van der Waals surface area contributed by atoms with Gasteiger partial charge in [-0.05, 0) is 106 Å². The van der Waals surface area contributed by atoms with Crippen LogP contribution in [0.15, 0.2) is 9.98 Å². The molecule has 1 N–H and O–H groups in total. The average molecular weight is 500 g/mol. The number of hydrogen-bond acceptors (Lipinski definition) is 3. The van der Waals surface area contributed by atoms with Gasteiger partial charge in [0.2, 0.25) is 0 Å². The Morgan fingerprint density at radius 3 is 1.06 bits per heavy atom. The molecule has 0 amide bonds. The van der Waals surface area contributed by atoms with Crippen LogP contribution in [0.5, 0.6) is 0 Å². The second kappa shape index (κ2) is 13.4. The van der Waals surface area contributed by atoms with E-state index in [1.54, 1.807) is 0 Å². The summed E-state index contributed by atoms with van der Waals surface area (Å²) in [6.45, 7) is 24.0. The molecular formula is C33H61N3. The maximum atomic E-state index is 5.56. The highest BCUT2D eigenvalue weighted by Gasteiger charge is 2.38. The number of piperidine rings is 1. The lowest BCUT2D eigenvalue weighted by Gasteiger charge is -2.42. The molecule has 3 heteroatoms. The van der Waals surface area contributed by atoms with E-state index in [0.29, 0.717) is 47.8 Å². The van der Waals surface area contributed by atoms with Crippen LogP contribution in [0.4, 0.5) is 0 Å². The smallest absolute Gasteiger partial charge is 0.0560 e. The number of rotatable bonds is 8. The number of nitrogens with one attached hydrogen (secondary N) is 1. The zero-order valence-corrected chi connectivity index (χ0v) is 25.7. The molecule has 2 aliphatic carbocycles. The van der Waals surface area contributed by atoms with Gasteiger partial charge in [0.1, 0.15) is 0 Å². The third-order valence-electron chi connectivity index (χ3n) is 10.4. The van der Waals surface area contributed by atoms with Crippen molar-refractivity contribution < 1.29 is 0 Å². The molecule has 1 aliphatic heterocycles. The first-order chi connectivity index (χ1) is 17.0. The van der Waals surface area contributed by atoms with Gasteiger partial charge < -0.3 is 5.32 Å². The van der Waals surface area contributed by atoms with Crippen molar-refractivity contribution in [2.75, 3.05) is 0 Å². The van der Waals surface area contributed by atoms with Gasteiger partial charge >= 0.3 is 0 Å². The van der Waals surface area contributed by atoms with Gasteiger partial charge in [-0.25, -0.2) is 0 Å². The van der Waals surface area contributed by atoms with Gasteiger partial charge in [0.25, 0.3) is 0 Å². The predicted octanol–water partition coefficient (Wildman–Crippen LogP) is 8.61. The molecule has 3 aliphatic rings. The largest absolute Gasteiger partial charge is 0.301 e. The minimum absolute atomic E-state index is 0.407. The molecule has 36 heavy (non-hydrogen) atoms. The third kappa shape index (κ3) is 7.23. The Hall–Kier alpha value is -0.700. The zero-order chi connectivity index (χ0) is 26.6. The molecule has 6 unspecified atom stereocenters. The first-order valence-electron chi connectivity index (χ1n) is 15.9. The fourth-order valence-corrected chi connectivity index (χ4v) is 8.04. The van der Waals surface area contributed by atoms with Crippen LogP contribution in [0.25, 0.3) is 0 Å². The first-order valence-corrected chi connectivity index (χ1v) is 15.9. The minimum atomic E-state index is 0.407. The first kappa shape index (κ1) is 29.9. The van der Waals surface area contributed by atoms with Crippen molar-refractivity contribution in [3.63, 3.8) is 0 Å². The van der Waals surface area contributed by atoms with E-state index in [0.717, 1.165) is 23.7 Å². The highest BCUT2D eigenvalue weighted by molar-refractivity contribution is 5.91. The number of aliphatic imine (C=N–C) groups is 2. The Morgan fingerprint density at radius 1 is 0.500 bits per heavy atom. The third-order valence-corrected chi connectivity index (χ3v) is 10.4. The van der Waals surface area contributed by atoms with Crippen LogP contribution in [0.1, 0.15) is 127 Å². The quantitative estimate of drug-likeness (QED) is 0.333. The maximum Gasteiger partial charge on any atom is 0.0560 e. The normalized spacial score (nSPS) is 37.4. The summed E-state index contributed by atoms with van der Waals surface area (Å²) in [7, 11) is 0. The van der Waals surface area contributed by atoms with Crippen LogP contribution in [0, 0.1) is 47.3 Å². The summed E-state index contributed by atoms with van der Waals surface area (Å²) < 4.78 is 0. The molecule has 3 rings (SSSR count). The minimum Gasteiger partial charge on any atom is -0.301 e. The Kier molecular flexibility index (Phi) is 11.1. The standard InChI is InChI=1S/C33H61N3/c1-20(2)26-14-11-15-27(21(3)4)32(26)34-24(9)30-18-13-19-31(36-30)25(10)35-33-28(22(5)6)16-12-17-29(33)23(7)8/h20-23,26-33,36H,11-19H2,1-10H3. The molecule has 0 aromatic carbocycles. The number of nitrogens with zero attached hydrogens (tertiary/aromatic N) is 2. The summed E-state index contributed by atoms with van der Waals surface area (Å²) >= 11 is 0. The molecule has 208 valence electrons. The van der Waals surface area contributed by atoms with Gasteiger partial charge in [-0.1, -0.05) is 68.2 Å². The van der Waals surface area contributed by atoms with Crippen molar-refractivity contribution in [1.82, 2.24) is 5.32 Å². The van der Waals surface area contributed by atoms with Crippen LogP contribution in [0.3, 0.4) is 0 Å². The van der Waals surface area contributed by atoms with Crippen LogP contribution in [-0.2, 0) is 0 Å². The molecule has 1 heterocycles. The average Bonchev–Trinajstić information content (AvgIpc) is 2.83. The summed E-state index contributed by atoms with van der Waals surface area (Å²) in [5.41, 5.74) is 2.71. The summed E-state index contributed by atoms with van der Waals surface area (Å²) in [4.78, 5) is 11.1. The lowest BCUT2D eigenvalue weighted by molar-refractivity contribution is 0.142. The van der Waals surface area contributed by atoms with Crippen molar-refractivity contribution >= 4 is 11.4 Å². The topological polar surface area (TPSA) is 36.8 Å². The van der Waals surface area contributed by atoms with Gasteiger partial charge in [-0.15, -0.1) is 0 Å².